The first-order valence-electron chi connectivity index (χ1n) is 10.9. The number of aliphatic hydroxyl groups is 1. The van der Waals surface area contributed by atoms with Crippen LogP contribution in [0, 0.1) is 11.6 Å². The van der Waals surface area contributed by atoms with Crippen molar-refractivity contribution in [3.05, 3.63) is 82.2 Å². The van der Waals surface area contributed by atoms with E-state index in [1.807, 2.05) is 0 Å². The van der Waals surface area contributed by atoms with Crippen molar-refractivity contribution in [2.45, 2.75) is 31.4 Å². The van der Waals surface area contributed by atoms with E-state index in [-0.39, 0.29) is 29.9 Å². The number of hydrogen-bond donors (Lipinski definition) is 1. The van der Waals surface area contributed by atoms with Crippen LogP contribution in [0.4, 0.5) is 8.78 Å². The van der Waals surface area contributed by atoms with E-state index in [0.717, 1.165) is 0 Å². The molecule has 1 aliphatic rings. The molecule has 1 aliphatic carbocycles. The number of aryl methyl sites for hydroxylation is 1. The maximum Gasteiger partial charge on any atom is 0.330 e. The van der Waals surface area contributed by atoms with Crippen molar-refractivity contribution >= 4 is 22.2 Å². The molecule has 0 spiro atoms. The van der Waals surface area contributed by atoms with E-state index in [1.165, 1.54) is 35.2 Å². The second-order valence-corrected chi connectivity index (χ2v) is 8.64. The van der Waals surface area contributed by atoms with Crippen molar-refractivity contribution in [2.75, 3.05) is 0 Å². The van der Waals surface area contributed by atoms with E-state index in [1.54, 1.807) is 34.5 Å². The van der Waals surface area contributed by atoms with Crippen molar-refractivity contribution in [2.24, 2.45) is 7.05 Å². The highest BCUT2D eigenvalue weighted by Crippen LogP contribution is 2.38. The van der Waals surface area contributed by atoms with Gasteiger partial charge in [0.1, 0.15) is 23.5 Å². The highest BCUT2D eigenvalue weighted by molar-refractivity contribution is 5.77. The molecule has 6 rings (SSSR count). The molecule has 0 saturated carbocycles. The first-order valence-corrected chi connectivity index (χ1v) is 10.9. The quantitative estimate of drug-likeness (QED) is 0.444. The molecule has 2 unspecified atom stereocenters. The van der Waals surface area contributed by atoms with E-state index < -0.39 is 11.9 Å². The van der Waals surface area contributed by atoms with E-state index in [2.05, 4.69) is 15.0 Å². The van der Waals surface area contributed by atoms with Gasteiger partial charge in [-0.15, -0.1) is 0 Å². The molecule has 0 saturated heterocycles. The average molecular weight is 462 g/mol. The Labute approximate surface area is 191 Å². The van der Waals surface area contributed by atoms with Gasteiger partial charge in [0.2, 0.25) is 5.95 Å². The predicted octanol–water partition coefficient (Wildman–Crippen LogP) is 3.36. The van der Waals surface area contributed by atoms with Crippen molar-refractivity contribution in [3.8, 4) is 5.95 Å². The number of hydrogen-bond acceptors (Lipinski definition) is 5. The first-order chi connectivity index (χ1) is 16.4. The van der Waals surface area contributed by atoms with Crippen LogP contribution in [0.25, 0.3) is 28.1 Å². The van der Waals surface area contributed by atoms with Crippen molar-refractivity contribution < 1.29 is 13.9 Å². The van der Waals surface area contributed by atoms with Crippen molar-refractivity contribution in [3.63, 3.8) is 0 Å². The van der Waals surface area contributed by atoms with Gasteiger partial charge < -0.3 is 5.11 Å². The zero-order valence-corrected chi connectivity index (χ0v) is 18.2. The van der Waals surface area contributed by atoms with Crippen LogP contribution in [0.5, 0.6) is 0 Å². The van der Waals surface area contributed by atoms with Gasteiger partial charge in [-0.2, -0.15) is 4.98 Å². The molecule has 2 aromatic carbocycles. The Morgan fingerprint density at radius 3 is 2.68 bits per heavy atom. The van der Waals surface area contributed by atoms with Crippen LogP contribution in [-0.2, 0) is 13.6 Å². The lowest BCUT2D eigenvalue weighted by Gasteiger charge is -2.29. The molecule has 0 radical (unpaired) electrons. The summed E-state index contributed by atoms with van der Waals surface area (Å²) in [7, 11) is 1.64. The van der Waals surface area contributed by atoms with Gasteiger partial charge in [-0.25, -0.2) is 23.5 Å². The summed E-state index contributed by atoms with van der Waals surface area (Å²) in [5, 5.41) is 10.4. The highest BCUT2D eigenvalue weighted by atomic mass is 19.1. The maximum atomic E-state index is 14.0. The Morgan fingerprint density at radius 2 is 1.82 bits per heavy atom. The maximum absolute atomic E-state index is 14.0. The van der Waals surface area contributed by atoms with E-state index >= 15 is 0 Å². The monoisotopic (exact) mass is 462 g/mol. The largest absolute Gasteiger partial charge is 0.388 e. The van der Waals surface area contributed by atoms with Gasteiger partial charge in [0.15, 0.2) is 5.65 Å². The fourth-order valence-corrected chi connectivity index (χ4v) is 4.87. The summed E-state index contributed by atoms with van der Waals surface area (Å²) >= 11 is 0. The van der Waals surface area contributed by atoms with Crippen LogP contribution in [0.15, 0.2) is 53.7 Å². The van der Waals surface area contributed by atoms with Crippen LogP contribution < -0.4 is 5.69 Å². The molecule has 0 fully saturated rings. The van der Waals surface area contributed by atoms with Crippen LogP contribution in [0.3, 0.4) is 0 Å². The summed E-state index contributed by atoms with van der Waals surface area (Å²) in [6, 6.07) is 8.65. The van der Waals surface area contributed by atoms with Gasteiger partial charge in [0, 0.05) is 25.6 Å². The molecular weight excluding hydrogens is 442 g/mol. The number of fused-ring (bicyclic) bond motifs is 3. The fourth-order valence-electron chi connectivity index (χ4n) is 4.87. The third-order valence-corrected chi connectivity index (χ3v) is 6.64. The minimum atomic E-state index is -0.653. The Balaban J connectivity index is 1.48. The lowest BCUT2D eigenvalue weighted by Crippen LogP contribution is -2.27. The van der Waals surface area contributed by atoms with E-state index in [4.69, 9.17) is 0 Å². The third kappa shape index (κ3) is 3.13. The number of aliphatic hydroxyl groups excluding tert-OH is 1. The van der Waals surface area contributed by atoms with Gasteiger partial charge in [-0.05, 0) is 48.2 Å². The molecule has 0 amide bonds. The summed E-state index contributed by atoms with van der Waals surface area (Å²) in [5.74, 6) is -0.700. The molecule has 8 nitrogen and oxygen atoms in total. The molecule has 3 heterocycles. The second kappa shape index (κ2) is 7.56. The smallest absolute Gasteiger partial charge is 0.330 e. The van der Waals surface area contributed by atoms with Gasteiger partial charge in [0.05, 0.1) is 23.3 Å². The number of halogens is 2. The molecule has 0 aliphatic heterocycles. The Morgan fingerprint density at radius 1 is 1.03 bits per heavy atom. The topological polar surface area (TPSA) is 90.8 Å². The molecule has 3 aromatic heterocycles. The summed E-state index contributed by atoms with van der Waals surface area (Å²) < 4.78 is 32.5. The first kappa shape index (κ1) is 20.7. The minimum Gasteiger partial charge on any atom is -0.388 e. The van der Waals surface area contributed by atoms with Crippen molar-refractivity contribution in [1.82, 2.24) is 28.7 Å². The number of imidazole rings is 2. The summed E-state index contributed by atoms with van der Waals surface area (Å²) in [4.78, 5) is 26.4. The highest BCUT2D eigenvalue weighted by Gasteiger charge is 2.28. The molecule has 10 heteroatoms. The molecule has 2 atom stereocenters. The minimum absolute atomic E-state index is 0.168. The Kier molecular flexibility index (Phi) is 4.59. The fraction of sp³-hybridized carbons (Fsp3) is 0.250. The van der Waals surface area contributed by atoms with Crippen molar-refractivity contribution in [1.29, 1.82) is 0 Å². The summed E-state index contributed by atoms with van der Waals surface area (Å²) in [6.07, 6.45) is 3.54. The third-order valence-electron chi connectivity index (χ3n) is 6.64. The van der Waals surface area contributed by atoms with Gasteiger partial charge in [0.25, 0.3) is 0 Å². The molecule has 5 aromatic rings. The van der Waals surface area contributed by atoms with Gasteiger partial charge in [-0.3, -0.25) is 13.7 Å². The molecular formula is C24H20F2N6O2. The number of rotatable bonds is 3. The Hall–Kier alpha value is -3.92. The molecule has 172 valence electrons. The lowest BCUT2D eigenvalue weighted by molar-refractivity contribution is 0.148. The normalized spacial score (nSPS) is 18.0. The van der Waals surface area contributed by atoms with E-state index in [0.29, 0.717) is 46.2 Å². The van der Waals surface area contributed by atoms with Crippen LogP contribution >= 0.6 is 0 Å². The molecule has 1 N–H and O–H groups in total. The summed E-state index contributed by atoms with van der Waals surface area (Å²) in [6.45, 7) is 0.273. The number of aromatic nitrogens is 6. The van der Waals surface area contributed by atoms with Crippen LogP contribution in [-0.4, -0.2) is 33.8 Å². The molecule has 34 heavy (non-hydrogen) atoms. The molecule has 0 bridgehead atoms. The summed E-state index contributed by atoms with van der Waals surface area (Å²) in [5.41, 5.74) is 3.18. The predicted molar refractivity (Wildman–Crippen MR) is 121 cm³/mol. The number of nitrogens with zero attached hydrogens (tertiary/aromatic N) is 6. The zero-order valence-electron chi connectivity index (χ0n) is 18.2. The SMILES string of the molecule is Cn1c(=O)n(CC2CCC(O)c3ccc(F)cc32)c2nc(-n3cnc4ccc(F)cc43)ncc21. The standard InChI is InChI=1S/C24H20F2N6O2/c1-30-20-10-27-23(32-12-28-18-6-4-15(26)9-19(18)32)29-22(20)31(24(30)34)11-13-2-7-21(33)16-5-3-14(25)8-17(13)16/h3-6,8-10,12-13,21,33H,2,7,11H2,1H3. The number of benzene rings is 2. The van der Waals surface area contributed by atoms with E-state index in [9.17, 15) is 18.7 Å². The van der Waals surface area contributed by atoms with Crippen LogP contribution in [0.1, 0.15) is 36.0 Å². The zero-order chi connectivity index (χ0) is 23.6. The average Bonchev–Trinajstić information content (AvgIpc) is 3.34. The van der Waals surface area contributed by atoms with Crippen LogP contribution in [0.2, 0.25) is 0 Å². The second-order valence-electron chi connectivity index (χ2n) is 8.64. The van der Waals surface area contributed by atoms with Gasteiger partial charge >= 0.3 is 5.69 Å². The Bertz CT molecular complexity index is 1640. The van der Waals surface area contributed by atoms with Gasteiger partial charge in [-0.1, -0.05) is 6.07 Å². The lowest BCUT2D eigenvalue weighted by atomic mass is 9.81.